The van der Waals surface area contributed by atoms with Crippen molar-refractivity contribution in [3.63, 3.8) is 0 Å². The molecule has 2 aromatic rings. The van der Waals surface area contributed by atoms with Crippen molar-refractivity contribution in [1.29, 1.82) is 0 Å². The van der Waals surface area contributed by atoms with Crippen LogP contribution in [0.25, 0.3) is 10.9 Å². The van der Waals surface area contributed by atoms with Gasteiger partial charge in [0.05, 0.1) is 0 Å². The number of H-pyrrole nitrogens is 1. The van der Waals surface area contributed by atoms with Crippen LogP contribution in [0.5, 0.6) is 0 Å². The first-order chi connectivity index (χ1) is 9.67. The van der Waals surface area contributed by atoms with Gasteiger partial charge < -0.3 is 4.98 Å². The van der Waals surface area contributed by atoms with Gasteiger partial charge >= 0.3 is 0 Å². The topological polar surface area (TPSA) is 36.1 Å². The fourth-order valence-electron chi connectivity index (χ4n) is 3.02. The van der Waals surface area contributed by atoms with Crippen molar-refractivity contribution >= 4 is 10.9 Å². The largest absolute Gasteiger partial charge is 0.322 e. The first-order valence-electron chi connectivity index (χ1n) is 7.14. The molecule has 1 heterocycles. The zero-order chi connectivity index (χ0) is 14.1. The molecule has 104 valence electrons. The monoisotopic (exact) mass is 268 g/mol. The lowest BCUT2D eigenvalue weighted by Gasteiger charge is -2.14. The van der Waals surface area contributed by atoms with E-state index < -0.39 is 0 Å². The first-order valence-corrected chi connectivity index (χ1v) is 7.14. The number of nitrogens with one attached hydrogen (secondary N) is 1. The first kappa shape index (κ1) is 13.1. The van der Waals surface area contributed by atoms with E-state index >= 15 is 0 Å². The molecule has 0 radical (unpaired) electrons. The van der Waals surface area contributed by atoms with Crippen LogP contribution in [0, 0.1) is 0 Å². The van der Waals surface area contributed by atoms with Gasteiger partial charge in [0.25, 0.3) is 5.56 Å². The Morgan fingerprint density at radius 3 is 2.80 bits per heavy atom. The highest BCUT2D eigenvalue weighted by Gasteiger charge is 2.13. The van der Waals surface area contributed by atoms with Crippen LogP contribution < -0.4 is 5.56 Å². The minimum atomic E-state index is 0.0198. The van der Waals surface area contributed by atoms with E-state index in [1.54, 1.807) is 0 Å². The summed E-state index contributed by atoms with van der Waals surface area (Å²) in [4.78, 5) is 17.3. The van der Waals surface area contributed by atoms with Crippen LogP contribution in [0.15, 0.2) is 35.6 Å². The van der Waals surface area contributed by atoms with Crippen molar-refractivity contribution in [1.82, 2.24) is 9.88 Å². The summed E-state index contributed by atoms with van der Waals surface area (Å²) in [5.41, 5.74) is 4.64. The molecule has 1 aromatic carbocycles. The number of aromatic amines is 1. The third-order valence-corrected chi connectivity index (χ3v) is 4.01. The summed E-state index contributed by atoms with van der Waals surface area (Å²) in [7, 11) is 1.99. The summed E-state index contributed by atoms with van der Waals surface area (Å²) in [6.45, 7) is 5.15. The number of aryl methyl sites for hydroxylation is 2. The molecule has 3 heteroatoms. The minimum Gasteiger partial charge on any atom is -0.322 e. The van der Waals surface area contributed by atoms with Gasteiger partial charge in [0.1, 0.15) is 0 Å². The number of pyridine rings is 1. The Morgan fingerprint density at radius 1 is 1.30 bits per heavy atom. The van der Waals surface area contributed by atoms with E-state index in [4.69, 9.17) is 0 Å². The Balaban J connectivity index is 2.02. The van der Waals surface area contributed by atoms with Crippen molar-refractivity contribution in [2.24, 2.45) is 0 Å². The second-order valence-electron chi connectivity index (χ2n) is 5.67. The lowest BCUT2D eigenvalue weighted by atomic mass is 10.0. The molecular weight excluding hydrogens is 248 g/mol. The maximum absolute atomic E-state index is 12.2. The third-order valence-electron chi connectivity index (χ3n) is 4.01. The molecular formula is C17H20N2O. The van der Waals surface area contributed by atoms with E-state index in [2.05, 4.69) is 28.6 Å². The van der Waals surface area contributed by atoms with Gasteiger partial charge in [0, 0.05) is 24.2 Å². The minimum absolute atomic E-state index is 0.0198. The van der Waals surface area contributed by atoms with Crippen molar-refractivity contribution in [2.45, 2.75) is 25.8 Å². The van der Waals surface area contributed by atoms with E-state index in [9.17, 15) is 4.79 Å². The average molecular weight is 268 g/mol. The summed E-state index contributed by atoms with van der Waals surface area (Å²) in [6.07, 6.45) is 5.38. The second kappa shape index (κ2) is 5.25. The van der Waals surface area contributed by atoms with Crippen molar-refractivity contribution in [3.05, 3.63) is 57.9 Å². The van der Waals surface area contributed by atoms with Crippen LogP contribution in [-0.2, 0) is 19.4 Å². The van der Waals surface area contributed by atoms with Crippen LogP contribution in [-0.4, -0.2) is 23.5 Å². The number of hydrogen-bond acceptors (Lipinski definition) is 2. The molecule has 0 unspecified atom stereocenters. The highest BCUT2D eigenvalue weighted by atomic mass is 16.1. The van der Waals surface area contributed by atoms with Gasteiger partial charge in [0.2, 0.25) is 0 Å². The molecule has 0 aliphatic heterocycles. The molecule has 0 bridgehead atoms. The number of likely N-dealkylation sites (N-methyl/N-ethyl adjacent to an activating group) is 1. The number of fused-ring (bicyclic) bond motifs is 2. The van der Waals surface area contributed by atoms with Gasteiger partial charge in [-0.3, -0.25) is 9.69 Å². The molecule has 1 aliphatic carbocycles. The lowest BCUT2D eigenvalue weighted by molar-refractivity contribution is 0.362. The molecule has 1 aromatic heterocycles. The number of aromatic nitrogens is 1. The van der Waals surface area contributed by atoms with E-state index in [-0.39, 0.29) is 5.56 Å². The summed E-state index contributed by atoms with van der Waals surface area (Å²) in [6, 6.07) is 6.42. The van der Waals surface area contributed by atoms with Crippen molar-refractivity contribution < 1.29 is 0 Å². The van der Waals surface area contributed by atoms with Crippen LogP contribution in [0.4, 0.5) is 0 Å². The Bertz CT molecular complexity index is 715. The van der Waals surface area contributed by atoms with E-state index in [0.717, 1.165) is 35.9 Å². The van der Waals surface area contributed by atoms with E-state index in [1.807, 2.05) is 19.2 Å². The maximum atomic E-state index is 12.2. The van der Waals surface area contributed by atoms with Gasteiger partial charge in [-0.2, -0.15) is 0 Å². The van der Waals surface area contributed by atoms with Crippen LogP contribution in [0.1, 0.15) is 23.1 Å². The fraction of sp³-hybridized carbons (Fsp3) is 0.353. The van der Waals surface area contributed by atoms with Gasteiger partial charge in [-0.05, 0) is 61.0 Å². The molecule has 0 fully saturated rings. The smallest absolute Gasteiger partial charge is 0.252 e. The Kier molecular flexibility index (Phi) is 3.45. The molecule has 1 aliphatic rings. The molecule has 3 nitrogen and oxygen atoms in total. The maximum Gasteiger partial charge on any atom is 0.252 e. The lowest BCUT2D eigenvalue weighted by Crippen LogP contribution is -2.23. The molecule has 0 atom stereocenters. The Labute approximate surface area is 118 Å². The third kappa shape index (κ3) is 2.41. The molecule has 0 amide bonds. The number of rotatable bonds is 4. The van der Waals surface area contributed by atoms with E-state index in [1.165, 1.54) is 17.5 Å². The van der Waals surface area contributed by atoms with Crippen molar-refractivity contribution in [2.75, 3.05) is 13.6 Å². The standard InChI is InChI=1S/C17H20N2O/c1-3-7-19(2)11-15-9-14-8-12-5-4-6-13(12)10-16(14)18-17(15)20/h3,8-10H,1,4-7,11H2,2H3,(H,18,20). The molecule has 0 saturated heterocycles. The predicted molar refractivity (Wildman–Crippen MR) is 83.1 cm³/mol. The predicted octanol–water partition coefficient (Wildman–Crippen LogP) is 2.63. The molecule has 0 saturated carbocycles. The summed E-state index contributed by atoms with van der Waals surface area (Å²) < 4.78 is 0. The SMILES string of the molecule is C=CCN(C)Cc1cc2cc3c(cc2[nH]c1=O)CCC3. The van der Waals surface area contributed by atoms with Crippen LogP contribution in [0.2, 0.25) is 0 Å². The van der Waals surface area contributed by atoms with Gasteiger partial charge in [-0.15, -0.1) is 6.58 Å². The van der Waals surface area contributed by atoms with Crippen molar-refractivity contribution in [3.8, 4) is 0 Å². The highest BCUT2D eigenvalue weighted by molar-refractivity contribution is 5.81. The summed E-state index contributed by atoms with van der Waals surface area (Å²) in [5.74, 6) is 0. The Morgan fingerprint density at radius 2 is 2.05 bits per heavy atom. The van der Waals surface area contributed by atoms with Gasteiger partial charge in [-0.25, -0.2) is 0 Å². The van der Waals surface area contributed by atoms with Gasteiger partial charge in [-0.1, -0.05) is 6.08 Å². The summed E-state index contributed by atoms with van der Waals surface area (Å²) in [5, 5.41) is 1.15. The summed E-state index contributed by atoms with van der Waals surface area (Å²) >= 11 is 0. The molecule has 0 spiro atoms. The van der Waals surface area contributed by atoms with Gasteiger partial charge in [0.15, 0.2) is 0 Å². The van der Waals surface area contributed by atoms with E-state index in [0.29, 0.717) is 6.54 Å². The number of nitrogens with zero attached hydrogens (tertiary/aromatic N) is 1. The highest BCUT2D eigenvalue weighted by Crippen LogP contribution is 2.26. The Hall–Kier alpha value is -1.87. The zero-order valence-corrected chi connectivity index (χ0v) is 11.9. The molecule has 3 rings (SSSR count). The number of hydrogen-bond donors (Lipinski definition) is 1. The second-order valence-corrected chi connectivity index (χ2v) is 5.67. The number of benzene rings is 1. The zero-order valence-electron chi connectivity index (χ0n) is 11.9. The van der Waals surface area contributed by atoms with Crippen LogP contribution >= 0.6 is 0 Å². The quantitative estimate of drug-likeness (QED) is 0.865. The molecule has 1 N–H and O–H groups in total. The molecule has 20 heavy (non-hydrogen) atoms. The average Bonchev–Trinajstić information content (AvgIpc) is 2.84. The van der Waals surface area contributed by atoms with Crippen LogP contribution in [0.3, 0.4) is 0 Å². The normalized spacial score (nSPS) is 13.9. The fourth-order valence-corrected chi connectivity index (χ4v) is 3.02.